The summed E-state index contributed by atoms with van der Waals surface area (Å²) in [6.45, 7) is 8.49. The molecule has 1 aromatic carbocycles. The lowest BCUT2D eigenvalue weighted by molar-refractivity contribution is 0.0910. The molecular formula is C25H31N3O3. The summed E-state index contributed by atoms with van der Waals surface area (Å²) in [6, 6.07) is 9.93. The molecule has 6 nitrogen and oxygen atoms in total. The Hall–Kier alpha value is -2.73. The minimum absolute atomic E-state index is 0.0101. The van der Waals surface area contributed by atoms with E-state index in [0.717, 1.165) is 31.5 Å². The van der Waals surface area contributed by atoms with Gasteiger partial charge >= 0.3 is 0 Å². The number of Topliss-reactive ketones (excluding diaryl/α,β-unsaturated/α-hetero) is 1. The summed E-state index contributed by atoms with van der Waals surface area (Å²) in [7, 11) is 0. The second-order valence-corrected chi connectivity index (χ2v) is 9.72. The maximum atomic E-state index is 12.9. The standard InChI is InChI=1S/C25H31N3O3/c1-16-6-8-17(9-7-16)21(28-10-4-5-11-28)15-26-23(30)19-12-18-20(27-24(19)31)13-25(2,3)14-22(18)29/h6-9,12,21H,4-5,10-11,13-15H2,1-3H3,(H,26,30)(H,27,31). The van der Waals surface area contributed by atoms with Gasteiger partial charge in [-0.3, -0.25) is 19.3 Å². The third kappa shape index (κ3) is 4.64. The number of amides is 1. The van der Waals surface area contributed by atoms with Crippen molar-refractivity contribution in [2.24, 2.45) is 5.41 Å². The number of carbonyl (C=O) groups excluding carboxylic acids is 2. The number of hydrogen-bond donors (Lipinski definition) is 2. The maximum absolute atomic E-state index is 12.9. The third-order valence-electron chi connectivity index (χ3n) is 6.46. The van der Waals surface area contributed by atoms with Crippen molar-refractivity contribution in [3.8, 4) is 0 Å². The van der Waals surface area contributed by atoms with Gasteiger partial charge in [-0.05, 0) is 56.3 Å². The van der Waals surface area contributed by atoms with E-state index in [9.17, 15) is 14.4 Å². The summed E-state index contributed by atoms with van der Waals surface area (Å²) in [5.74, 6) is -0.454. The highest BCUT2D eigenvalue weighted by atomic mass is 16.2. The fourth-order valence-electron chi connectivity index (χ4n) is 4.78. The fraction of sp³-hybridized carbons (Fsp3) is 0.480. The Morgan fingerprint density at radius 1 is 1.13 bits per heavy atom. The number of H-pyrrole nitrogens is 1. The van der Waals surface area contributed by atoms with Crippen molar-refractivity contribution in [2.45, 2.75) is 52.5 Å². The predicted octanol–water partition coefficient (Wildman–Crippen LogP) is 3.41. The molecule has 1 unspecified atom stereocenters. The highest BCUT2D eigenvalue weighted by molar-refractivity contribution is 6.02. The van der Waals surface area contributed by atoms with Crippen LogP contribution in [0.3, 0.4) is 0 Å². The summed E-state index contributed by atoms with van der Waals surface area (Å²) in [4.78, 5) is 43.3. The summed E-state index contributed by atoms with van der Waals surface area (Å²) in [5, 5.41) is 2.96. The minimum atomic E-state index is -0.435. The van der Waals surface area contributed by atoms with Crippen LogP contribution in [-0.2, 0) is 6.42 Å². The molecular weight excluding hydrogens is 390 g/mol. The first kappa shape index (κ1) is 21.5. The number of carbonyl (C=O) groups is 2. The number of aryl methyl sites for hydroxylation is 1. The van der Waals surface area contributed by atoms with Crippen molar-refractivity contribution in [3.05, 3.63) is 68.6 Å². The lowest BCUT2D eigenvalue weighted by Gasteiger charge is -2.30. The van der Waals surface area contributed by atoms with E-state index in [4.69, 9.17) is 0 Å². The van der Waals surface area contributed by atoms with Gasteiger partial charge in [0, 0.05) is 24.2 Å². The van der Waals surface area contributed by atoms with Gasteiger partial charge in [0.05, 0.1) is 6.04 Å². The molecule has 1 atom stereocenters. The van der Waals surface area contributed by atoms with Crippen LogP contribution in [0.15, 0.2) is 35.1 Å². The number of likely N-dealkylation sites (tertiary alicyclic amines) is 1. The molecule has 1 aliphatic carbocycles. The molecule has 2 heterocycles. The molecule has 31 heavy (non-hydrogen) atoms. The Bertz CT molecular complexity index is 1050. The van der Waals surface area contributed by atoms with Gasteiger partial charge in [0.15, 0.2) is 5.78 Å². The molecule has 2 aliphatic rings. The molecule has 4 rings (SSSR count). The Morgan fingerprint density at radius 2 is 1.81 bits per heavy atom. The van der Waals surface area contributed by atoms with Gasteiger partial charge in [0.25, 0.3) is 11.5 Å². The van der Waals surface area contributed by atoms with E-state index < -0.39 is 11.5 Å². The molecule has 1 amide bonds. The van der Waals surface area contributed by atoms with Crippen molar-refractivity contribution in [1.82, 2.24) is 15.2 Å². The number of benzene rings is 1. The first-order valence-electron chi connectivity index (χ1n) is 11.1. The Balaban J connectivity index is 1.54. The molecule has 0 bridgehead atoms. The number of aromatic amines is 1. The van der Waals surface area contributed by atoms with Gasteiger partial charge in [-0.1, -0.05) is 43.7 Å². The van der Waals surface area contributed by atoms with Gasteiger partial charge in [-0.25, -0.2) is 0 Å². The molecule has 1 fully saturated rings. The van der Waals surface area contributed by atoms with Crippen LogP contribution >= 0.6 is 0 Å². The van der Waals surface area contributed by atoms with E-state index in [2.05, 4.69) is 46.4 Å². The van der Waals surface area contributed by atoms with E-state index in [1.165, 1.54) is 11.6 Å². The maximum Gasteiger partial charge on any atom is 0.261 e. The molecule has 1 saturated heterocycles. The molecule has 0 radical (unpaired) electrons. The highest BCUT2D eigenvalue weighted by Crippen LogP contribution is 2.33. The van der Waals surface area contributed by atoms with E-state index in [1.54, 1.807) is 0 Å². The van der Waals surface area contributed by atoms with E-state index in [-0.39, 0.29) is 22.8 Å². The van der Waals surface area contributed by atoms with E-state index in [0.29, 0.717) is 30.6 Å². The van der Waals surface area contributed by atoms with Gasteiger partial charge in [-0.2, -0.15) is 0 Å². The second-order valence-electron chi connectivity index (χ2n) is 9.72. The van der Waals surface area contributed by atoms with Crippen molar-refractivity contribution in [1.29, 1.82) is 0 Å². The molecule has 1 aliphatic heterocycles. The molecule has 0 spiro atoms. The molecule has 2 N–H and O–H groups in total. The topological polar surface area (TPSA) is 82.3 Å². The number of aromatic nitrogens is 1. The Labute approximate surface area is 183 Å². The number of nitrogens with zero attached hydrogens (tertiary/aromatic N) is 1. The average Bonchev–Trinajstić information content (AvgIpc) is 3.22. The first-order valence-corrected chi connectivity index (χ1v) is 11.1. The summed E-state index contributed by atoms with van der Waals surface area (Å²) < 4.78 is 0. The van der Waals surface area contributed by atoms with Gasteiger partial charge in [-0.15, -0.1) is 0 Å². The normalized spacial score (nSPS) is 19.1. The van der Waals surface area contributed by atoms with Crippen LogP contribution in [0.4, 0.5) is 0 Å². The third-order valence-corrected chi connectivity index (χ3v) is 6.46. The van der Waals surface area contributed by atoms with Gasteiger partial charge in [0.1, 0.15) is 5.56 Å². The lowest BCUT2D eigenvalue weighted by atomic mass is 9.75. The predicted molar refractivity (Wildman–Crippen MR) is 121 cm³/mol. The number of fused-ring (bicyclic) bond motifs is 1. The van der Waals surface area contributed by atoms with Crippen molar-refractivity contribution in [2.75, 3.05) is 19.6 Å². The smallest absolute Gasteiger partial charge is 0.261 e. The van der Waals surface area contributed by atoms with Crippen LogP contribution in [-0.4, -0.2) is 41.2 Å². The van der Waals surface area contributed by atoms with Crippen LogP contribution in [0.25, 0.3) is 0 Å². The Kier molecular flexibility index (Phi) is 5.84. The largest absolute Gasteiger partial charge is 0.350 e. The second kappa shape index (κ2) is 8.42. The molecule has 164 valence electrons. The van der Waals surface area contributed by atoms with Crippen molar-refractivity contribution >= 4 is 11.7 Å². The van der Waals surface area contributed by atoms with E-state index >= 15 is 0 Å². The quantitative estimate of drug-likeness (QED) is 0.775. The monoisotopic (exact) mass is 421 g/mol. The minimum Gasteiger partial charge on any atom is -0.350 e. The lowest BCUT2D eigenvalue weighted by Crippen LogP contribution is -2.39. The highest BCUT2D eigenvalue weighted by Gasteiger charge is 2.33. The van der Waals surface area contributed by atoms with E-state index in [1.807, 2.05) is 13.8 Å². The first-order chi connectivity index (χ1) is 14.7. The number of ketones is 1. The summed E-state index contributed by atoms with van der Waals surface area (Å²) in [6.07, 6.45) is 3.34. The van der Waals surface area contributed by atoms with Gasteiger partial charge in [0.2, 0.25) is 0 Å². The van der Waals surface area contributed by atoms with Crippen molar-refractivity contribution < 1.29 is 9.59 Å². The zero-order chi connectivity index (χ0) is 22.2. The summed E-state index contributed by atoms with van der Waals surface area (Å²) >= 11 is 0. The SMILES string of the molecule is Cc1ccc(C(CNC(=O)c2cc3c([nH]c2=O)CC(C)(C)CC3=O)N2CCCC2)cc1. The fourth-order valence-corrected chi connectivity index (χ4v) is 4.78. The zero-order valence-electron chi connectivity index (χ0n) is 18.6. The zero-order valence-corrected chi connectivity index (χ0v) is 18.6. The number of pyridine rings is 1. The van der Waals surface area contributed by atoms with Crippen molar-refractivity contribution in [3.63, 3.8) is 0 Å². The van der Waals surface area contributed by atoms with Crippen LogP contribution in [0.1, 0.15) is 76.7 Å². The van der Waals surface area contributed by atoms with Crippen LogP contribution in [0.5, 0.6) is 0 Å². The van der Waals surface area contributed by atoms with Crippen LogP contribution in [0.2, 0.25) is 0 Å². The number of hydrogen-bond acceptors (Lipinski definition) is 4. The molecule has 1 aromatic heterocycles. The van der Waals surface area contributed by atoms with Gasteiger partial charge < -0.3 is 10.3 Å². The summed E-state index contributed by atoms with van der Waals surface area (Å²) in [5.41, 5.74) is 2.85. The number of rotatable bonds is 5. The Morgan fingerprint density at radius 3 is 2.48 bits per heavy atom. The average molecular weight is 422 g/mol. The molecule has 6 heteroatoms. The van der Waals surface area contributed by atoms with Crippen LogP contribution in [0, 0.1) is 12.3 Å². The van der Waals surface area contributed by atoms with Crippen LogP contribution < -0.4 is 10.9 Å². The number of nitrogens with one attached hydrogen (secondary N) is 2. The molecule has 0 saturated carbocycles. The molecule has 2 aromatic rings.